The molecule has 1 aliphatic carbocycles. The number of anilines is 1. The Hall–Kier alpha value is -1.77. The molecule has 1 aromatic rings. The molecule has 1 aliphatic rings. The van der Waals surface area contributed by atoms with Crippen molar-refractivity contribution in [1.82, 2.24) is 5.32 Å². The van der Waals surface area contributed by atoms with Gasteiger partial charge >= 0.3 is 0 Å². The lowest BCUT2D eigenvalue weighted by atomic mass is 9.83. The minimum absolute atomic E-state index is 0.0135. The molecule has 1 saturated carbocycles. The molecule has 0 spiro atoms. The third-order valence-corrected chi connectivity index (χ3v) is 4.06. The predicted octanol–water partition coefficient (Wildman–Crippen LogP) is 3.22. The summed E-state index contributed by atoms with van der Waals surface area (Å²) in [4.78, 5) is 11.8. The highest BCUT2D eigenvalue weighted by Crippen LogP contribution is 2.27. The van der Waals surface area contributed by atoms with Crippen LogP contribution in [-0.2, 0) is 4.79 Å². The van der Waals surface area contributed by atoms with E-state index in [1.54, 1.807) is 6.08 Å². The second-order valence-corrected chi connectivity index (χ2v) is 5.87. The minimum atomic E-state index is -0.0135. The maximum absolute atomic E-state index is 11.8. The standard InChI is InChI=1S/C17H24N2O/c1-13-2-4-15(5-3-13)12-19-17(20)11-8-14-6-9-16(18)10-7-14/h6-11,13,15H,2-5,12,18H2,1H3,(H,19,20)/b11-8+. The molecule has 0 unspecified atom stereocenters. The number of nitrogen functional groups attached to an aromatic ring is 1. The van der Waals surface area contributed by atoms with Crippen LogP contribution in [0.1, 0.15) is 38.2 Å². The maximum Gasteiger partial charge on any atom is 0.244 e. The topological polar surface area (TPSA) is 55.1 Å². The number of rotatable bonds is 4. The molecule has 2 rings (SSSR count). The Morgan fingerprint density at radius 2 is 1.90 bits per heavy atom. The van der Waals surface area contributed by atoms with Gasteiger partial charge in [0.25, 0.3) is 0 Å². The fourth-order valence-corrected chi connectivity index (χ4v) is 2.62. The van der Waals surface area contributed by atoms with Gasteiger partial charge in [-0.1, -0.05) is 31.9 Å². The molecule has 0 atom stereocenters. The molecule has 1 amide bonds. The molecule has 1 aromatic carbocycles. The van der Waals surface area contributed by atoms with Crippen LogP contribution in [0, 0.1) is 11.8 Å². The van der Waals surface area contributed by atoms with Crippen molar-refractivity contribution >= 4 is 17.7 Å². The molecule has 0 saturated heterocycles. The van der Waals surface area contributed by atoms with E-state index in [2.05, 4.69) is 12.2 Å². The van der Waals surface area contributed by atoms with Gasteiger partial charge in [0.15, 0.2) is 0 Å². The molecular weight excluding hydrogens is 248 g/mol. The lowest BCUT2D eigenvalue weighted by molar-refractivity contribution is -0.116. The van der Waals surface area contributed by atoms with E-state index in [4.69, 9.17) is 5.73 Å². The highest BCUT2D eigenvalue weighted by atomic mass is 16.1. The van der Waals surface area contributed by atoms with E-state index < -0.39 is 0 Å². The van der Waals surface area contributed by atoms with E-state index in [0.717, 1.165) is 23.7 Å². The molecule has 0 radical (unpaired) electrons. The largest absolute Gasteiger partial charge is 0.399 e. The van der Waals surface area contributed by atoms with Crippen LogP contribution >= 0.6 is 0 Å². The Balaban J connectivity index is 1.73. The molecule has 0 bridgehead atoms. The summed E-state index contributed by atoms with van der Waals surface area (Å²) in [5.41, 5.74) is 7.34. The minimum Gasteiger partial charge on any atom is -0.399 e. The van der Waals surface area contributed by atoms with Gasteiger partial charge < -0.3 is 11.1 Å². The van der Waals surface area contributed by atoms with Crippen molar-refractivity contribution in [3.8, 4) is 0 Å². The van der Waals surface area contributed by atoms with E-state index in [0.29, 0.717) is 5.92 Å². The number of amides is 1. The number of nitrogens with one attached hydrogen (secondary N) is 1. The zero-order chi connectivity index (χ0) is 14.4. The zero-order valence-electron chi connectivity index (χ0n) is 12.1. The summed E-state index contributed by atoms with van der Waals surface area (Å²) in [5, 5.41) is 3.00. The van der Waals surface area contributed by atoms with Crippen molar-refractivity contribution in [3.63, 3.8) is 0 Å². The Bertz CT molecular complexity index is 456. The number of carbonyl (C=O) groups excluding carboxylic acids is 1. The first-order valence-corrected chi connectivity index (χ1v) is 7.45. The summed E-state index contributed by atoms with van der Waals surface area (Å²) in [6.45, 7) is 3.11. The van der Waals surface area contributed by atoms with Crippen LogP contribution in [0.2, 0.25) is 0 Å². The number of hydrogen-bond acceptors (Lipinski definition) is 2. The number of hydrogen-bond donors (Lipinski definition) is 2. The van der Waals surface area contributed by atoms with Crippen LogP contribution in [0.5, 0.6) is 0 Å². The average Bonchev–Trinajstić information content (AvgIpc) is 2.46. The molecule has 0 aromatic heterocycles. The maximum atomic E-state index is 11.8. The van der Waals surface area contributed by atoms with E-state index in [-0.39, 0.29) is 5.91 Å². The molecule has 20 heavy (non-hydrogen) atoms. The number of carbonyl (C=O) groups is 1. The van der Waals surface area contributed by atoms with E-state index in [1.807, 2.05) is 30.3 Å². The van der Waals surface area contributed by atoms with E-state index >= 15 is 0 Å². The van der Waals surface area contributed by atoms with Gasteiger partial charge in [-0.25, -0.2) is 0 Å². The van der Waals surface area contributed by atoms with Gasteiger partial charge in [-0.15, -0.1) is 0 Å². The highest BCUT2D eigenvalue weighted by molar-refractivity contribution is 5.91. The van der Waals surface area contributed by atoms with Gasteiger partial charge in [0.1, 0.15) is 0 Å². The lowest BCUT2D eigenvalue weighted by Gasteiger charge is -2.25. The van der Waals surface area contributed by atoms with Crippen molar-refractivity contribution in [1.29, 1.82) is 0 Å². The second-order valence-electron chi connectivity index (χ2n) is 5.87. The molecular formula is C17H24N2O. The molecule has 108 valence electrons. The summed E-state index contributed by atoms with van der Waals surface area (Å²) >= 11 is 0. The first-order valence-electron chi connectivity index (χ1n) is 7.45. The Kier molecular flexibility index (Phi) is 5.22. The molecule has 3 nitrogen and oxygen atoms in total. The summed E-state index contributed by atoms with van der Waals surface area (Å²) in [7, 11) is 0. The average molecular weight is 272 g/mol. The molecule has 3 heteroatoms. The molecule has 3 N–H and O–H groups in total. The smallest absolute Gasteiger partial charge is 0.244 e. The molecule has 0 heterocycles. The van der Waals surface area contributed by atoms with Gasteiger partial charge in [-0.2, -0.15) is 0 Å². The highest BCUT2D eigenvalue weighted by Gasteiger charge is 2.18. The van der Waals surface area contributed by atoms with Crippen LogP contribution in [0.4, 0.5) is 5.69 Å². The lowest BCUT2D eigenvalue weighted by Crippen LogP contribution is -2.29. The first-order chi connectivity index (χ1) is 9.63. The second kappa shape index (κ2) is 7.13. The summed E-state index contributed by atoms with van der Waals surface area (Å²) in [6, 6.07) is 7.48. The van der Waals surface area contributed by atoms with Crippen LogP contribution < -0.4 is 11.1 Å². The summed E-state index contributed by atoms with van der Waals surface area (Å²) in [5.74, 6) is 1.49. The van der Waals surface area contributed by atoms with E-state index in [9.17, 15) is 4.79 Å². The van der Waals surface area contributed by atoms with Crippen LogP contribution in [0.15, 0.2) is 30.3 Å². The third kappa shape index (κ3) is 4.72. The fraction of sp³-hybridized carbons (Fsp3) is 0.471. The summed E-state index contributed by atoms with van der Waals surface area (Å²) in [6.07, 6.45) is 8.48. The van der Waals surface area contributed by atoms with Crippen LogP contribution in [0.25, 0.3) is 6.08 Å². The van der Waals surface area contributed by atoms with Crippen molar-refractivity contribution in [2.24, 2.45) is 11.8 Å². The van der Waals surface area contributed by atoms with Crippen LogP contribution in [-0.4, -0.2) is 12.5 Å². The SMILES string of the molecule is CC1CCC(CNC(=O)/C=C/c2ccc(N)cc2)CC1. The summed E-state index contributed by atoms with van der Waals surface area (Å²) < 4.78 is 0. The zero-order valence-corrected chi connectivity index (χ0v) is 12.1. The molecule has 0 aliphatic heterocycles. The molecule has 1 fully saturated rings. The Labute approximate surface area is 121 Å². The van der Waals surface area contributed by atoms with Crippen molar-refractivity contribution in [3.05, 3.63) is 35.9 Å². The van der Waals surface area contributed by atoms with Gasteiger partial charge in [0.05, 0.1) is 0 Å². The number of benzene rings is 1. The number of nitrogens with two attached hydrogens (primary N) is 1. The van der Waals surface area contributed by atoms with Gasteiger partial charge in [0.2, 0.25) is 5.91 Å². The Morgan fingerprint density at radius 1 is 1.25 bits per heavy atom. The Morgan fingerprint density at radius 3 is 2.55 bits per heavy atom. The predicted molar refractivity (Wildman–Crippen MR) is 84.0 cm³/mol. The fourth-order valence-electron chi connectivity index (χ4n) is 2.62. The van der Waals surface area contributed by atoms with E-state index in [1.165, 1.54) is 25.7 Å². The van der Waals surface area contributed by atoms with Crippen LogP contribution in [0.3, 0.4) is 0 Å². The normalized spacial score (nSPS) is 22.9. The van der Waals surface area contributed by atoms with Gasteiger partial charge in [-0.05, 0) is 48.4 Å². The monoisotopic (exact) mass is 272 g/mol. The first kappa shape index (κ1) is 14.6. The van der Waals surface area contributed by atoms with Gasteiger partial charge in [-0.3, -0.25) is 4.79 Å². The third-order valence-electron chi connectivity index (χ3n) is 4.06. The van der Waals surface area contributed by atoms with Crippen molar-refractivity contribution < 1.29 is 4.79 Å². The van der Waals surface area contributed by atoms with Gasteiger partial charge in [0, 0.05) is 18.3 Å². The quantitative estimate of drug-likeness (QED) is 0.653. The van der Waals surface area contributed by atoms with Crippen molar-refractivity contribution in [2.45, 2.75) is 32.6 Å². The van der Waals surface area contributed by atoms with Crippen molar-refractivity contribution in [2.75, 3.05) is 12.3 Å².